The monoisotopic (exact) mass is 359 g/mol. The highest BCUT2D eigenvalue weighted by molar-refractivity contribution is 7.92. The summed E-state index contributed by atoms with van der Waals surface area (Å²) in [6.07, 6.45) is 1.93. The number of aryl methyl sites for hydroxylation is 1. The van der Waals surface area contributed by atoms with Crippen LogP contribution in [0.3, 0.4) is 0 Å². The van der Waals surface area contributed by atoms with Gasteiger partial charge in [0.2, 0.25) is 5.91 Å². The number of hydrogen-bond acceptors (Lipinski definition) is 6. The van der Waals surface area contributed by atoms with Gasteiger partial charge in [0.1, 0.15) is 10.3 Å². The second kappa shape index (κ2) is 8.26. The molecule has 0 spiro atoms. The summed E-state index contributed by atoms with van der Waals surface area (Å²) in [6, 6.07) is 1.65. The molecule has 1 aromatic rings. The Morgan fingerprint density at radius 1 is 1.43 bits per heavy atom. The molecule has 0 saturated heterocycles. The number of hydrogen-bond donors (Lipinski definition) is 1. The molecule has 1 N–H and O–H groups in total. The van der Waals surface area contributed by atoms with E-state index >= 15 is 0 Å². The van der Waals surface area contributed by atoms with Crippen molar-refractivity contribution in [3.05, 3.63) is 29.2 Å². The van der Waals surface area contributed by atoms with Gasteiger partial charge in [0, 0.05) is 4.88 Å². The van der Waals surface area contributed by atoms with Crippen LogP contribution < -0.4 is 5.32 Å². The Kier molecular flexibility index (Phi) is 6.96. The zero-order valence-electron chi connectivity index (χ0n) is 13.4. The van der Waals surface area contributed by atoms with Crippen LogP contribution in [0.1, 0.15) is 36.0 Å². The maximum atomic E-state index is 12.2. The molecule has 6 nitrogen and oxygen atoms in total. The predicted molar refractivity (Wildman–Crippen MR) is 91.7 cm³/mol. The molecule has 0 aliphatic heterocycles. The summed E-state index contributed by atoms with van der Waals surface area (Å²) in [4.78, 5) is 25.0. The molecule has 0 aliphatic carbocycles. The van der Waals surface area contributed by atoms with Crippen molar-refractivity contribution >= 4 is 38.1 Å². The van der Waals surface area contributed by atoms with Crippen LogP contribution in [-0.4, -0.2) is 37.9 Å². The third-order valence-electron chi connectivity index (χ3n) is 3.12. The number of ether oxygens (including phenoxy) is 1. The fourth-order valence-corrected chi connectivity index (χ4v) is 3.74. The van der Waals surface area contributed by atoms with Crippen molar-refractivity contribution in [2.75, 3.05) is 17.7 Å². The standard InChI is InChI=1S/C15H21NO5S2/c1-5-8-23(19,20)10(4)13(17)16-14-12(15(18)21-7-3)9-11(6-2)22-14/h5,9-10H,1,6-8H2,2-4H3,(H,16,17). The van der Waals surface area contributed by atoms with Gasteiger partial charge >= 0.3 is 5.97 Å². The molecule has 0 saturated carbocycles. The Labute approximate surface area is 140 Å². The van der Waals surface area contributed by atoms with Gasteiger partial charge in [0.25, 0.3) is 0 Å². The molecule has 0 aromatic carbocycles. The highest BCUT2D eigenvalue weighted by Gasteiger charge is 2.28. The van der Waals surface area contributed by atoms with E-state index in [4.69, 9.17) is 4.74 Å². The first-order valence-corrected chi connectivity index (χ1v) is 9.73. The van der Waals surface area contributed by atoms with Crippen molar-refractivity contribution in [3.63, 3.8) is 0 Å². The van der Waals surface area contributed by atoms with Crippen LogP contribution >= 0.6 is 11.3 Å². The van der Waals surface area contributed by atoms with Gasteiger partial charge in [-0.15, -0.1) is 17.9 Å². The number of carbonyl (C=O) groups excluding carboxylic acids is 2. The van der Waals surface area contributed by atoms with E-state index in [2.05, 4.69) is 11.9 Å². The molecule has 1 heterocycles. The lowest BCUT2D eigenvalue weighted by atomic mass is 10.2. The largest absolute Gasteiger partial charge is 0.462 e. The first-order chi connectivity index (χ1) is 10.8. The fourth-order valence-electron chi connectivity index (χ4n) is 1.75. The number of esters is 1. The van der Waals surface area contributed by atoms with Gasteiger partial charge in [-0.1, -0.05) is 13.0 Å². The minimum atomic E-state index is -3.61. The summed E-state index contributed by atoms with van der Waals surface area (Å²) in [7, 11) is -3.61. The number of anilines is 1. The van der Waals surface area contributed by atoms with Gasteiger partial charge in [-0.3, -0.25) is 4.79 Å². The molecule has 23 heavy (non-hydrogen) atoms. The lowest BCUT2D eigenvalue weighted by Gasteiger charge is -2.12. The summed E-state index contributed by atoms with van der Waals surface area (Å²) in [5.74, 6) is -1.50. The highest BCUT2D eigenvalue weighted by Crippen LogP contribution is 2.29. The van der Waals surface area contributed by atoms with E-state index in [9.17, 15) is 18.0 Å². The second-order valence-electron chi connectivity index (χ2n) is 4.78. The van der Waals surface area contributed by atoms with Crippen LogP contribution in [0.2, 0.25) is 0 Å². The number of nitrogens with one attached hydrogen (secondary N) is 1. The van der Waals surface area contributed by atoms with Crippen molar-refractivity contribution in [2.45, 2.75) is 32.4 Å². The minimum absolute atomic E-state index is 0.216. The first kappa shape index (κ1) is 19.4. The average molecular weight is 359 g/mol. The molecular formula is C15H21NO5S2. The fraction of sp³-hybridized carbons (Fsp3) is 0.467. The molecule has 0 bridgehead atoms. The number of rotatable bonds is 8. The molecule has 0 fully saturated rings. The Morgan fingerprint density at radius 2 is 2.09 bits per heavy atom. The zero-order chi connectivity index (χ0) is 17.6. The molecule has 0 radical (unpaired) electrons. The minimum Gasteiger partial charge on any atom is -0.462 e. The number of amides is 1. The summed E-state index contributed by atoms with van der Waals surface area (Å²) >= 11 is 1.24. The van der Waals surface area contributed by atoms with E-state index in [-0.39, 0.29) is 17.9 Å². The molecule has 1 amide bonds. The topological polar surface area (TPSA) is 89.5 Å². The van der Waals surface area contributed by atoms with Crippen LogP contribution in [0.15, 0.2) is 18.7 Å². The second-order valence-corrected chi connectivity index (χ2v) is 8.28. The molecular weight excluding hydrogens is 338 g/mol. The molecule has 8 heteroatoms. The van der Waals surface area contributed by atoms with Crippen LogP contribution in [0.4, 0.5) is 5.00 Å². The first-order valence-electron chi connectivity index (χ1n) is 7.19. The lowest BCUT2D eigenvalue weighted by molar-refractivity contribution is -0.115. The maximum absolute atomic E-state index is 12.2. The SMILES string of the molecule is C=CCS(=O)(=O)C(C)C(=O)Nc1sc(CC)cc1C(=O)OCC. The molecule has 1 rings (SSSR count). The number of thiophene rings is 1. The van der Waals surface area contributed by atoms with Gasteiger partial charge in [-0.05, 0) is 26.3 Å². The maximum Gasteiger partial charge on any atom is 0.341 e. The van der Waals surface area contributed by atoms with Crippen molar-refractivity contribution in [2.24, 2.45) is 0 Å². The van der Waals surface area contributed by atoms with E-state index in [1.807, 2.05) is 6.92 Å². The van der Waals surface area contributed by atoms with E-state index in [1.165, 1.54) is 24.3 Å². The highest BCUT2D eigenvalue weighted by atomic mass is 32.2. The Balaban J connectivity index is 3.03. The van der Waals surface area contributed by atoms with E-state index in [0.29, 0.717) is 11.4 Å². The Bertz CT molecular complexity index is 691. The summed E-state index contributed by atoms with van der Waals surface area (Å²) in [5, 5.41) is 1.61. The van der Waals surface area contributed by atoms with Crippen molar-refractivity contribution in [3.8, 4) is 0 Å². The Hall–Kier alpha value is -1.67. The van der Waals surface area contributed by atoms with Gasteiger partial charge in [-0.25, -0.2) is 13.2 Å². The third-order valence-corrected chi connectivity index (χ3v) is 6.31. The van der Waals surface area contributed by atoms with Crippen LogP contribution in [0.5, 0.6) is 0 Å². The van der Waals surface area contributed by atoms with Gasteiger partial charge < -0.3 is 10.1 Å². The average Bonchev–Trinajstić information content (AvgIpc) is 2.89. The molecule has 128 valence electrons. The zero-order valence-corrected chi connectivity index (χ0v) is 15.1. The number of sulfone groups is 1. The van der Waals surface area contributed by atoms with Crippen molar-refractivity contribution < 1.29 is 22.7 Å². The summed E-state index contributed by atoms with van der Waals surface area (Å²) in [5.41, 5.74) is 0.246. The molecule has 1 aromatic heterocycles. The quantitative estimate of drug-likeness (QED) is 0.569. The predicted octanol–water partition coefficient (Wildman–Crippen LogP) is 2.42. The molecule has 1 atom stereocenters. The lowest BCUT2D eigenvalue weighted by Crippen LogP contribution is -2.33. The van der Waals surface area contributed by atoms with Gasteiger partial charge in [0.05, 0.1) is 17.9 Å². The van der Waals surface area contributed by atoms with Crippen LogP contribution in [0, 0.1) is 0 Å². The molecule has 0 aliphatic rings. The third kappa shape index (κ3) is 4.90. The smallest absolute Gasteiger partial charge is 0.341 e. The van der Waals surface area contributed by atoms with Gasteiger partial charge in [0.15, 0.2) is 9.84 Å². The summed E-state index contributed by atoms with van der Waals surface area (Å²) in [6.45, 7) is 8.51. The normalized spacial score (nSPS) is 12.5. The van der Waals surface area contributed by atoms with Gasteiger partial charge in [-0.2, -0.15) is 0 Å². The van der Waals surface area contributed by atoms with E-state index in [1.54, 1.807) is 13.0 Å². The van der Waals surface area contributed by atoms with Crippen LogP contribution in [-0.2, 0) is 25.8 Å². The summed E-state index contributed by atoms with van der Waals surface area (Å²) < 4.78 is 28.8. The van der Waals surface area contributed by atoms with Crippen LogP contribution in [0.25, 0.3) is 0 Å². The number of carbonyl (C=O) groups is 2. The van der Waals surface area contributed by atoms with Crippen molar-refractivity contribution in [1.29, 1.82) is 0 Å². The van der Waals surface area contributed by atoms with Crippen molar-refractivity contribution in [1.82, 2.24) is 0 Å². The molecule has 1 unspecified atom stereocenters. The van der Waals surface area contributed by atoms with E-state index < -0.39 is 27.0 Å². The Morgan fingerprint density at radius 3 is 2.61 bits per heavy atom. The van der Waals surface area contributed by atoms with E-state index in [0.717, 1.165) is 4.88 Å².